The van der Waals surface area contributed by atoms with Crippen molar-refractivity contribution in [2.75, 3.05) is 34.9 Å². The Morgan fingerprint density at radius 1 is 1.08 bits per heavy atom. The second kappa shape index (κ2) is 9.66. The number of aromatic nitrogens is 1. The highest BCUT2D eigenvalue weighted by Gasteiger charge is 2.77. The molecule has 8 nitrogen and oxygen atoms in total. The van der Waals surface area contributed by atoms with Gasteiger partial charge in [0.25, 0.3) is 0 Å². The first kappa shape index (κ1) is 25.6. The van der Waals surface area contributed by atoms with E-state index in [9.17, 15) is 10.2 Å². The zero-order valence-electron chi connectivity index (χ0n) is 21.7. The van der Waals surface area contributed by atoms with Crippen molar-refractivity contribution in [2.24, 2.45) is 5.92 Å². The fourth-order valence-corrected chi connectivity index (χ4v) is 6.19. The van der Waals surface area contributed by atoms with Crippen molar-refractivity contribution >= 4 is 0 Å². The summed E-state index contributed by atoms with van der Waals surface area (Å²) in [4.78, 5) is 6.42. The molecular weight excluding hydrogens is 482 g/mol. The van der Waals surface area contributed by atoms with Crippen LogP contribution in [0.5, 0.6) is 17.5 Å². The second-order valence-corrected chi connectivity index (χ2v) is 9.85. The van der Waals surface area contributed by atoms with Crippen LogP contribution in [0, 0.1) is 29.1 Å². The molecule has 2 heterocycles. The molecule has 1 aliphatic carbocycles. The van der Waals surface area contributed by atoms with Gasteiger partial charge < -0.3 is 29.3 Å². The Morgan fingerprint density at radius 2 is 1.79 bits per heavy atom. The van der Waals surface area contributed by atoms with E-state index in [1.807, 2.05) is 67.5 Å². The monoisotopic (exact) mass is 511 g/mol. The van der Waals surface area contributed by atoms with Crippen LogP contribution in [-0.4, -0.2) is 61.1 Å². The molecule has 0 unspecified atom stereocenters. The van der Waals surface area contributed by atoms with Crippen LogP contribution in [0.25, 0.3) is 0 Å². The third-order valence-corrected chi connectivity index (χ3v) is 7.56. The number of methoxy groups -OCH3 is 2. The van der Waals surface area contributed by atoms with E-state index in [0.717, 1.165) is 5.56 Å². The molecule has 38 heavy (non-hydrogen) atoms. The molecule has 0 amide bonds. The van der Waals surface area contributed by atoms with Crippen molar-refractivity contribution in [3.8, 4) is 35.4 Å². The summed E-state index contributed by atoms with van der Waals surface area (Å²) in [7, 11) is 6.82. The van der Waals surface area contributed by atoms with Crippen molar-refractivity contribution < 1.29 is 24.4 Å². The predicted molar refractivity (Wildman–Crippen MR) is 140 cm³/mol. The Morgan fingerprint density at radius 3 is 2.39 bits per heavy atom. The van der Waals surface area contributed by atoms with Gasteiger partial charge in [-0.15, -0.1) is 0 Å². The summed E-state index contributed by atoms with van der Waals surface area (Å²) in [6, 6.07) is 20.4. The summed E-state index contributed by atoms with van der Waals surface area (Å²) in [5, 5.41) is 33.7. The molecule has 1 aromatic heterocycles. The van der Waals surface area contributed by atoms with Gasteiger partial charge in [-0.3, -0.25) is 0 Å². The van der Waals surface area contributed by atoms with E-state index in [4.69, 9.17) is 19.5 Å². The van der Waals surface area contributed by atoms with Crippen LogP contribution in [-0.2, 0) is 11.2 Å². The average Bonchev–Trinajstić information content (AvgIpc) is 3.30. The van der Waals surface area contributed by atoms with Gasteiger partial charge >= 0.3 is 0 Å². The van der Waals surface area contributed by atoms with E-state index in [0.29, 0.717) is 23.4 Å². The number of benzene rings is 2. The average molecular weight is 512 g/mol. The van der Waals surface area contributed by atoms with Crippen LogP contribution in [0.3, 0.4) is 0 Å². The minimum absolute atomic E-state index is 0.122. The molecule has 0 bridgehead atoms. The molecule has 3 aromatic rings. The highest BCUT2D eigenvalue weighted by molar-refractivity contribution is 5.60. The molecule has 0 saturated heterocycles. The number of nitriles is 1. The Balaban J connectivity index is 1.84. The molecule has 2 aliphatic rings. The Kier molecular flexibility index (Phi) is 6.50. The summed E-state index contributed by atoms with van der Waals surface area (Å²) in [6.07, 6.45) is -1.24. The van der Waals surface area contributed by atoms with Gasteiger partial charge in [-0.1, -0.05) is 48.4 Å². The standard InChI is InChI=1S/C30H29N3O5/c1-33(2)18-22-25(20-10-6-5-7-11-20)30(21-14-12-19(13-15-21)9-8-16-31)29(35,27(22)34)26-23(38-30)17-24(36-3)32-28(26)37-4/h5-7,10-15,17,22,25,27,34-35H,18H2,1-4H3/t22-,25-,27-,29+,30+/m1/s1. The molecule has 2 aromatic carbocycles. The summed E-state index contributed by atoms with van der Waals surface area (Å²) in [5.74, 6) is 5.03. The van der Waals surface area contributed by atoms with Crippen LogP contribution >= 0.6 is 0 Å². The van der Waals surface area contributed by atoms with Gasteiger partial charge in [0.1, 0.15) is 5.75 Å². The van der Waals surface area contributed by atoms with Gasteiger partial charge in [-0.2, -0.15) is 10.2 Å². The van der Waals surface area contributed by atoms with Crippen molar-refractivity contribution in [2.45, 2.75) is 23.2 Å². The van der Waals surface area contributed by atoms with Crippen molar-refractivity contribution in [3.63, 3.8) is 0 Å². The van der Waals surface area contributed by atoms with Crippen LogP contribution < -0.4 is 14.2 Å². The van der Waals surface area contributed by atoms with Gasteiger partial charge in [0.05, 0.1) is 25.9 Å². The second-order valence-electron chi connectivity index (χ2n) is 9.85. The summed E-state index contributed by atoms with van der Waals surface area (Å²) in [5.41, 5.74) is -0.883. The highest BCUT2D eigenvalue weighted by Crippen LogP contribution is 2.69. The molecule has 5 rings (SSSR count). The quantitative estimate of drug-likeness (QED) is 0.487. The van der Waals surface area contributed by atoms with E-state index < -0.39 is 29.1 Å². The normalized spacial score (nSPS) is 26.9. The highest BCUT2D eigenvalue weighted by atomic mass is 16.5. The van der Waals surface area contributed by atoms with E-state index >= 15 is 0 Å². The lowest BCUT2D eigenvalue weighted by Crippen LogP contribution is -2.52. The molecule has 0 radical (unpaired) electrons. The molecule has 194 valence electrons. The van der Waals surface area contributed by atoms with Crippen LogP contribution in [0.2, 0.25) is 0 Å². The maximum atomic E-state index is 12.8. The lowest BCUT2D eigenvalue weighted by molar-refractivity contribution is -0.152. The van der Waals surface area contributed by atoms with E-state index in [-0.39, 0.29) is 17.3 Å². The first-order chi connectivity index (χ1) is 18.3. The fourth-order valence-electron chi connectivity index (χ4n) is 6.19. The SMILES string of the molecule is COc1cc2c(c(OC)n1)[C@]1(O)[C@H](O)[C@H](CN(C)C)[C@@H](c3ccccc3)[C@]1(c1ccc(C#CC#N)cc1)O2. The third kappa shape index (κ3) is 3.61. The smallest absolute Gasteiger partial charge is 0.226 e. The van der Waals surface area contributed by atoms with E-state index in [2.05, 4.69) is 16.8 Å². The number of hydrogen-bond donors (Lipinski definition) is 2. The molecule has 8 heteroatoms. The number of rotatable bonds is 6. The van der Waals surface area contributed by atoms with Crippen LogP contribution in [0.4, 0.5) is 0 Å². The van der Waals surface area contributed by atoms with Crippen molar-refractivity contribution in [3.05, 3.63) is 82.9 Å². The van der Waals surface area contributed by atoms with E-state index in [1.165, 1.54) is 14.2 Å². The van der Waals surface area contributed by atoms with Gasteiger partial charge in [-0.25, -0.2) is 0 Å². The molecule has 1 fully saturated rings. The van der Waals surface area contributed by atoms with Crippen LogP contribution in [0.1, 0.15) is 28.2 Å². The minimum Gasteiger partial charge on any atom is -0.481 e. The van der Waals surface area contributed by atoms with Gasteiger partial charge in [-0.05, 0) is 37.4 Å². The molecule has 1 saturated carbocycles. The maximum absolute atomic E-state index is 12.8. The summed E-state index contributed by atoms with van der Waals surface area (Å²) in [6.45, 7) is 0.487. The zero-order chi connectivity index (χ0) is 27.1. The lowest BCUT2D eigenvalue weighted by atomic mass is 9.70. The van der Waals surface area contributed by atoms with Crippen molar-refractivity contribution in [1.82, 2.24) is 9.88 Å². The number of fused-ring (bicyclic) bond motifs is 3. The van der Waals surface area contributed by atoms with Gasteiger partial charge in [0.15, 0.2) is 17.3 Å². The topological polar surface area (TPSA) is 108 Å². The molecular formula is C30H29N3O5. The summed E-state index contributed by atoms with van der Waals surface area (Å²) < 4.78 is 17.8. The van der Waals surface area contributed by atoms with Gasteiger partial charge in [0, 0.05) is 35.9 Å². The first-order valence-corrected chi connectivity index (χ1v) is 12.2. The van der Waals surface area contributed by atoms with Crippen LogP contribution in [0.15, 0.2) is 60.7 Å². The number of nitrogens with zero attached hydrogens (tertiary/aromatic N) is 3. The molecule has 1 aliphatic heterocycles. The number of aliphatic hydroxyl groups is 2. The lowest BCUT2D eigenvalue weighted by Gasteiger charge is -2.41. The maximum Gasteiger partial charge on any atom is 0.226 e. The van der Waals surface area contributed by atoms with E-state index in [1.54, 1.807) is 18.2 Å². The molecule has 5 atom stereocenters. The Hall–Kier alpha value is -4.08. The predicted octanol–water partition coefficient (Wildman–Crippen LogP) is 2.79. The number of pyridine rings is 1. The number of hydrogen-bond acceptors (Lipinski definition) is 8. The minimum atomic E-state index is -1.92. The molecule has 0 spiro atoms. The fraction of sp³-hybridized carbons (Fsp3) is 0.333. The molecule has 2 N–H and O–H groups in total. The third-order valence-electron chi connectivity index (χ3n) is 7.56. The largest absolute Gasteiger partial charge is 0.481 e. The first-order valence-electron chi connectivity index (χ1n) is 12.2. The van der Waals surface area contributed by atoms with Gasteiger partial charge in [0.2, 0.25) is 11.8 Å². The van der Waals surface area contributed by atoms with Crippen molar-refractivity contribution in [1.29, 1.82) is 5.26 Å². The number of aliphatic hydroxyl groups excluding tert-OH is 1. The zero-order valence-corrected chi connectivity index (χ0v) is 21.7. The Labute approximate surface area is 222 Å². The summed E-state index contributed by atoms with van der Waals surface area (Å²) >= 11 is 0. The number of ether oxygens (including phenoxy) is 3. The Bertz CT molecular complexity index is 1440.